The quantitative estimate of drug-likeness (QED) is 0.684. The van der Waals surface area contributed by atoms with E-state index in [4.69, 9.17) is 11.6 Å². The third-order valence-electron chi connectivity index (χ3n) is 2.45. The van der Waals surface area contributed by atoms with Crippen molar-refractivity contribution in [2.45, 2.75) is 0 Å². The van der Waals surface area contributed by atoms with E-state index in [2.05, 4.69) is 10.5 Å². The van der Waals surface area contributed by atoms with E-state index >= 15 is 0 Å². The Balaban J connectivity index is 2.07. The molecule has 0 unspecified atom stereocenters. The summed E-state index contributed by atoms with van der Waals surface area (Å²) in [5.74, 6) is -1.96. The molecule has 0 atom stereocenters. The van der Waals surface area contributed by atoms with E-state index in [9.17, 15) is 13.6 Å². The highest BCUT2D eigenvalue weighted by Crippen LogP contribution is 2.14. The van der Waals surface area contributed by atoms with Gasteiger partial charge in [0.15, 0.2) is 0 Å². The molecule has 0 bridgehead atoms. The smallest absolute Gasteiger partial charge is 0.267 e. The van der Waals surface area contributed by atoms with Gasteiger partial charge in [0.25, 0.3) is 5.91 Å². The highest BCUT2D eigenvalue weighted by molar-refractivity contribution is 6.33. The minimum absolute atomic E-state index is 0.0610. The number of nitrogens with zero attached hydrogens (tertiary/aromatic N) is 1. The Morgan fingerprint density at radius 2 is 1.95 bits per heavy atom. The van der Waals surface area contributed by atoms with Gasteiger partial charge in [-0.2, -0.15) is 5.10 Å². The van der Waals surface area contributed by atoms with Crippen LogP contribution in [0.4, 0.5) is 8.78 Å². The van der Waals surface area contributed by atoms with Crippen LogP contribution in [0, 0.1) is 11.6 Å². The van der Waals surface area contributed by atoms with Crippen LogP contribution in [0.1, 0.15) is 15.9 Å². The normalized spacial score (nSPS) is 10.8. The van der Waals surface area contributed by atoms with Crippen molar-refractivity contribution in [2.24, 2.45) is 5.10 Å². The molecule has 0 spiro atoms. The van der Waals surface area contributed by atoms with Crippen molar-refractivity contribution in [3.05, 3.63) is 70.2 Å². The molecule has 20 heavy (non-hydrogen) atoms. The van der Waals surface area contributed by atoms with Crippen LogP contribution in [0.15, 0.2) is 47.6 Å². The second-order valence-electron chi connectivity index (χ2n) is 3.84. The third-order valence-corrected chi connectivity index (χ3v) is 2.78. The van der Waals surface area contributed by atoms with Gasteiger partial charge in [-0.3, -0.25) is 4.79 Å². The monoisotopic (exact) mass is 294 g/mol. The van der Waals surface area contributed by atoms with Gasteiger partial charge in [-0.05, 0) is 24.3 Å². The summed E-state index contributed by atoms with van der Waals surface area (Å²) in [4.78, 5) is 11.7. The summed E-state index contributed by atoms with van der Waals surface area (Å²) in [6, 6.07) is 9.50. The molecule has 0 aliphatic heterocycles. The summed E-state index contributed by atoms with van der Waals surface area (Å²) in [7, 11) is 0. The minimum Gasteiger partial charge on any atom is -0.267 e. The Hall–Kier alpha value is -2.27. The van der Waals surface area contributed by atoms with Gasteiger partial charge < -0.3 is 0 Å². The van der Waals surface area contributed by atoms with Gasteiger partial charge in [0.2, 0.25) is 0 Å². The van der Waals surface area contributed by atoms with Gasteiger partial charge in [0, 0.05) is 11.6 Å². The molecule has 0 saturated carbocycles. The van der Waals surface area contributed by atoms with Crippen molar-refractivity contribution < 1.29 is 13.6 Å². The zero-order valence-electron chi connectivity index (χ0n) is 10.1. The van der Waals surface area contributed by atoms with Crippen LogP contribution in [0.5, 0.6) is 0 Å². The molecule has 0 fully saturated rings. The molecule has 1 N–H and O–H groups in total. The van der Waals surface area contributed by atoms with Gasteiger partial charge in [-0.1, -0.05) is 23.7 Å². The molecule has 3 nitrogen and oxygen atoms in total. The van der Waals surface area contributed by atoms with Crippen LogP contribution in [-0.4, -0.2) is 12.1 Å². The van der Waals surface area contributed by atoms with Gasteiger partial charge in [-0.15, -0.1) is 0 Å². The van der Waals surface area contributed by atoms with Crippen LogP contribution in [0.3, 0.4) is 0 Å². The summed E-state index contributed by atoms with van der Waals surface area (Å²) in [5.41, 5.74) is 2.53. The van der Waals surface area contributed by atoms with Gasteiger partial charge >= 0.3 is 0 Å². The topological polar surface area (TPSA) is 41.5 Å². The molecule has 0 heterocycles. The van der Waals surface area contributed by atoms with Crippen molar-refractivity contribution in [2.75, 3.05) is 0 Å². The van der Waals surface area contributed by atoms with E-state index in [0.717, 1.165) is 18.3 Å². The van der Waals surface area contributed by atoms with Crippen molar-refractivity contribution in [1.29, 1.82) is 0 Å². The molecule has 0 saturated heterocycles. The number of hydrazone groups is 1. The van der Waals surface area contributed by atoms with Crippen LogP contribution < -0.4 is 5.43 Å². The van der Waals surface area contributed by atoms with Crippen LogP contribution >= 0.6 is 11.6 Å². The average molecular weight is 295 g/mol. The predicted molar refractivity (Wildman–Crippen MR) is 72.9 cm³/mol. The Kier molecular flexibility index (Phi) is 4.42. The standard InChI is InChI=1S/C14H9ClF2N2O/c15-12-4-2-1-3-11(12)14(20)19-18-8-9-5-6-10(16)7-13(9)17/h1-8H,(H,19,20). The van der Waals surface area contributed by atoms with E-state index in [1.54, 1.807) is 18.2 Å². The van der Waals surface area contributed by atoms with Crippen LogP contribution in [0.25, 0.3) is 0 Å². The maximum atomic E-state index is 13.3. The Bertz CT molecular complexity index is 674. The van der Waals surface area contributed by atoms with E-state index in [-0.39, 0.29) is 16.1 Å². The highest BCUT2D eigenvalue weighted by Gasteiger charge is 2.08. The number of hydrogen-bond donors (Lipinski definition) is 1. The Labute approximate surface area is 118 Å². The van der Waals surface area contributed by atoms with Crippen LogP contribution in [-0.2, 0) is 0 Å². The molecule has 0 aliphatic carbocycles. The SMILES string of the molecule is O=C(NN=Cc1ccc(F)cc1F)c1ccccc1Cl. The number of benzene rings is 2. The molecule has 2 rings (SSSR count). The molecular weight excluding hydrogens is 286 g/mol. The number of rotatable bonds is 3. The molecule has 2 aromatic carbocycles. The van der Waals surface area contributed by atoms with Gasteiger partial charge in [0.1, 0.15) is 11.6 Å². The van der Waals surface area contributed by atoms with E-state index in [0.29, 0.717) is 0 Å². The number of nitrogens with one attached hydrogen (secondary N) is 1. The molecule has 2 aromatic rings. The number of amides is 1. The molecular formula is C14H9ClF2N2O. The zero-order valence-corrected chi connectivity index (χ0v) is 10.9. The fourth-order valence-electron chi connectivity index (χ4n) is 1.47. The lowest BCUT2D eigenvalue weighted by Gasteiger charge is -2.02. The molecule has 102 valence electrons. The first kappa shape index (κ1) is 14.1. The lowest BCUT2D eigenvalue weighted by atomic mass is 10.2. The molecule has 0 aliphatic rings. The van der Waals surface area contributed by atoms with Crippen molar-refractivity contribution in [1.82, 2.24) is 5.43 Å². The molecule has 0 aromatic heterocycles. The number of carbonyl (C=O) groups excluding carboxylic acids is 1. The molecule has 6 heteroatoms. The van der Waals surface area contributed by atoms with E-state index in [1.807, 2.05) is 0 Å². The minimum atomic E-state index is -0.763. The number of carbonyl (C=O) groups is 1. The van der Waals surface area contributed by atoms with E-state index < -0.39 is 17.5 Å². The highest BCUT2D eigenvalue weighted by atomic mass is 35.5. The van der Waals surface area contributed by atoms with Crippen molar-refractivity contribution >= 4 is 23.7 Å². The maximum Gasteiger partial charge on any atom is 0.272 e. The second-order valence-corrected chi connectivity index (χ2v) is 4.25. The van der Waals surface area contributed by atoms with E-state index in [1.165, 1.54) is 12.1 Å². The summed E-state index contributed by atoms with van der Waals surface area (Å²) in [5, 5.41) is 3.89. The first-order valence-corrected chi connectivity index (χ1v) is 5.98. The van der Waals surface area contributed by atoms with Crippen LogP contribution in [0.2, 0.25) is 5.02 Å². The second kappa shape index (κ2) is 6.25. The average Bonchev–Trinajstić information content (AvgIpc) is 2.41. The lowest BCUT2D eigenvalue weighted by molar-refractivity contribution is 0.0955. The molecule has 1 amide bonds. The first-order valence-electron chi connectivity index (χ1n) is 5.61. The Morgan fingerprint density at radius 3 is 2.65 bits per heavy atom. The fraction of sp³-hybridized carbons (Fsp3) is 0. The molecule has 0 radical (unpaired) electrons. The van der Waals surface area contributed by atoms with Gasteiger partial charge in [0.05, 0.1) is 16.8 Å². The third kappa shape index (κ3) is 3.39. The van der Waals surface area contributed by atoms with Crippen molar-refractivity contribution in [3.63, 3.8) is 0 Å². The fourth-order valence-corrected chi connectivity index (χ4v) is 1.69. The predicted octanol–water partition coefficient (Wildman–Crippen LogP) is 3.38. The number of hydrogen-bond acceptors (Lipinski definition) is 2. The van der Waals surface area contributed by atoms with Crippen molar-refractivity contribution in [3.8, 4) is 0 Å². The maximum absolute atomic E-state index is 13.3. The summed E-state index contributed by atoms with van der Waals surface area (Å²) < 4.78 is 26.0. The Morgan fingerprint density at radius 1 is 1.20 bits per heavy atom. The zero-order chi connectivity index (χ0) is 14.5. The largest absolute Gasteiger partial charge is 0.272 e. The summed E-state index contributed by atoms with van der Waals surface area (Å²) >= 11 is 5.84. The first-order chi connectivity index (χ1) is 9.58. The summed E-state index contributed by atoms with van der Waals surface area (Å²) in [6.45, 7) is 0. The number of halogens is 3. The summed E-state index contributed by atoms with van der Waals surface area (Å²) in [6.07, 6.45) is 1.09. The van der Waals surface area contributed by atoms with Gasteiger partial charge in [-0.25, -0.2) is 14.2 Å². The lowest BCUT2D eigenvalue weighted by Crippen LogP contribution is -2.18.